The fraction of sp³-hybridized carbons (Fsp3) is 0.500. The highest BCUT2D eigenvalue weighted by molar-refractivity contribution is 8.00. The van der Waals surface area contributed by atoms with Crippen LogP contribution >= 0.6 is 11.8 Å². The fourth-order valence-corrected chi connectivity index (χ4v) is 5.06. The molecule has 0 aliphatic carbocycles. The van der Waals surface area contributed by atoms with Gasteiger partial charge in [0.05, 0.1) is 4.90 Å². The minimum absolute atomic E-state index is 0.350. The van der Waals surface area contributed by atoms with Gasteiger partial charge in [0.2, 0.25) is 10.0 Å². The third-order valence-electron chi connectivity index (χ3n) is 3.02. The van der Waals surface area contributed by atoms with E-state index >= 15 is 0 Å². The van der Waals surface area contributed by atoms with Crippen molar-refractivity contribution >= 4 is 27.5 Å². The number of hydrogen-bond acceptors (Lipinski definition) is 4. The second-order valence-electron chi connectivity index (χ2n) is 4.57. The van der Waals surface area contributed by atoms with Crippen molar-refractivity contribution in [2.75, 3.05) is 24.6 Å². The van der Waals surface area contributed by atoms with Crippen LogP contribution in [-0.2, 0) is 10.0 Å². The molecule has 1 fully saturated rings. The Morgan fingerprint density at radius 3 is 2.78 bits per heavy atom. The van der Waals surface area contributed by atoms with Crippen LogP contribution in [-0.4, -0.2) is 36.8 Å². The van der Waals surface area contributed by atoms with Gasteiger partial charge in [0.25, 0.3) is 0 Å². The first-order valence-electron chi connectivity index (χ1n) is 5.89. The van der Waals surface area contributed by atoms with Crippen LogP contribution in [0.25, 0.3) is 0 Å². The highest BCUT2D eigenvalue weighted by Gasteiger charge is 2.29. The Labute approximate surface area is 113 Å². The van der Waals surface area contributed by atoms with E-state index in [0.717, 1.165) is 5.75 Å². The minimum atomic E-state index is -3.38. The number of sulfonamides is 1. The van der Waals surface area contributed by atoms with Gasteiger partial charge in [0.15, 0.2) is 0 Å². The summed E-state index contributed by atoms with van der Waals surface area (Å²) < 4.78 is 26.7. The molecule has 4 nitrogen and oxygen atoms in total. The summed E-state index contributed by atoms with van der Waals surface area (Å²) in [6.45, 7) is 5.01. The van der Waals surface area contributed by atoms with Crippen molar-refractivity contribution in [1.82, 2.24) is 4.31 Å². The molecule has 1 aliphatic heterocycles. The van der Waals surface area contributed by atoms with Crippen molar-refractivity contribution in [3.05, 3.63) is 23.8 Å². The Bertz CT molecular complexity index is 543. The van der Waals surface area contributed by atoms with Crippen molar-refractivity contribution in [2.45, 2.75) is 24.0 Å². The van der Waals surface area contributed by atoms with Gasteiger partial charge in [-0.15, -0.1) is 0 Å². The Hall–Kier alpha value is -0.720. The molecule has 0 spiro atoms. The zero-order chi connectivity index (χ0) is 13.3. The van der Waals surface area contributed by atoms with Gasteiger partial charge in [0.1, 0.15) is 0 Å². The van der Waals surface area contributed by atoms with Crippen LogP contribution in [0.5, 0.6) is 0 Å². The molecule has 0 bridgehead atoms. The smallest absolute Gasteiger partial charge is 0.243 e. The number of aryl methyl sites for hydroxylation is 1. The number of nitrogen functional groups attached to an aromatic ring is 1. The van der Waals surface area contributed by atoms with Crippen LogP contribution in [0.1, 0.15) is 12.5 Å². The first kappa shape index (κ1) is 13.7. The second-order valence-corrected chi connectivity index (χ2v) is 8.02. The Balaban J connectivity index is 2.35. The first-order valence-corrected chi connectivity index (χ1v) is 8.38. The summed E-state index contributed by atoms with van der Waals surface area (Å²) in [5, 5.41) is 0.350. The van der Waals surface area contributed by atoms with Gasteiger partial charge in [0, 0.05) is 29.8 Å². The zero-order valence-corrected chi connectivity index (χ0v) is 12.2. The summed E-state index contributed by atoms with van der Waals surface area (Å²) >= 11 is 1.81. The van der Waals surface area contributed by atoms with E-state index in [2.05, 4.69) is 6.92 Å². The summed E-state index contributed by atoms with van der Waals surface area (Å²) in [6, 6.07) is 4.95. The third-order valence-corrected chi connectivity index (χ3v) is 6.18. The topological polar surface area (TPSA) is 63.4 Å². The average Bonchev–Trinajstić information content (AvgIpc) is 2.28. The summed E-state index contributed by atoms with van der Waals surface area (Å²) in [5.74, 6) is 0.856. The van der Waals surface area contributed by atoms with E-state index in [4.69, 9.17) is 5.73 Å². The van der Waals surface area contributed by atoms with E-state index in [9.17, 15) is 8.42 Å². The number of rotatable bonds is 2. The highest BCUT2D eigenvalue weighted by atomic mass is 32.2. The van der Waals surface area contributed by atoms with Gasteiger partial charge in [-0.3, -0.25) is 0 Å². The average molecular weight is 286 g/mol. The van der Waals surface area contributed by atoms with E-state index in [-0.39, 0.29) is 0 Å². The normalized spacial score (nSPS) is 22.0. The maximum Gasteiger partial charge on any atom is 0.243 e. The maximum absolute atomic E-state index is 12.5. The molecule has 2 rings (SSSR count). The van der Waals surface area contributed by atoms with Gasteiger partial charge in [-0.25, -0.2) is 8.42 Å². The lowest BCUT2D eigenvalue weighted by molar-refractivity contribution is 0.424. The van der Waals surface area contributed by atoms with Crippen LogP contribution in [0.15, 0.2) is 23.1 Å². The number of nitrogens with zero attached hydrogens (tertiary/aromatic N) is 1. The number of anilines is 1. The monoisotopic (exact) mass is 286 g/mol. The van der Waals surface area contributed by atoms with E-state index in [0.29, 0.717) is 34.5 Å². The molecule has 0 radical (unpaired) electrons. The first-order chi connectivity index (χ1) is 8.41. The van der Waals surface area contributed by atoms with E-state index in [1.165, 1.54) is 0 Å². The molecular weight excluding hydrogens is 268 g/mol. The Kier molecular flexibility index (Phi) is 3.89. The van der Waals surface area contributed by atoms with E-state index in [1.807, 2.05) is 11.8 Å². The lowest BCUT2D eigenvalue weighted by Gasteiger charge is -2.30. The predicted octanol–water partition coefficient (Wildman–Crippen LogP) is 1.70. The Morgan fingerprint density at radius 2 is 2.17 bits per heavy atom. The highest BCUT2D eigenvalue weighted by Crippen LogP contribution is 2.26. The van der Waals surface area contributed by atoms with Crippen LogP contribution in [0, 0.1) is 6.92 Å². The lowest BCUT2D eigenvalue weighted by Crippen LogP contribution is -2.41. The lowest BCUT2D eigenvalue weighted by atomic mass is 10.2. The SMILES string of the molecule is Cc1cc(N)ccc1S(=O)(=O)N1CCSC(C)C1. The van der Waals surface area contributed by atoms with E-state index in [1.54, 1.807) is 29.4 Å². The minimum Gasteiger partial charge on any atom is -0.399 e. The number of thioether (sulfide) groups is 1. The van der Waals surface area contributed by atoms with Crippen LogP contribution in [0.3, 0.4) is 0 Å². The molecule has 1 aliphatic rings. The molecule has 1 atom stereocenters. The number of hydrogen-bond donors (Lipinski definition) is 1. The van der Waals surface area contributed by atoms with Gasteiger partial charge < -0.3 is 5.73 Å². The van der Waals surface area contributed by atoms with Crippen molar-refractivity contribution in [1.29, 1.82) is 0 Å². The molecule has 6 heteroatoms. The van der Waals surface area contributed by atoms with Gasteiger partial charge in [-0.2, -0.15) is 16.1 Å². The molecular formula is C12H18N2O2S2. The summed E-state index contributed by atoms with van der Waals surface area (Å²) in [4.78, 5) is 0.371. The third kappa shape index (κ3) is 2.65. The summed E-state index contributed by atoms with van der Waals surface area (Å²) in [6.07, 6.45) is 0. The number of nitrogens with two attached hydrogens (primary N) is 1. The molecule has 1 aromatic rings. The van der Waals surface area contributed by atoms with E-state index < -0.39 is 10.0 Å². The predicted molar refractivity (Wildman–Crippen MR) is 76.3 cm³/mol. The molecule has 1 saturated heterocycles. The Morgan fingerprint density at radius 1 is 1.44 bits per heavy atom. The maximum atomic E-state index is 12.5. The summed E-state index contributed by atoms with van der Waals surface area (Å²) in [5.41, 5.74) is 6.96. The van der Waals surface area contributed by atoms with Crippen molar-refractivity contribution in [3.8, 4) is 0 Å². The second kappa shape index (κ2) is 5.11. The molecule has 1 unspecified atom stereocenters. The van der Waals surface area contributed by atoms with Crippen molar-refractivity contribution < 1.29 is 8.42 Å². The van der Waals surface area contributed by atoms with Crippen LogP contribution < -0.4 is 5.73 Å². The molecule has 0 aromatic heterocycles. The molecule has 1 heterocycles. The molecule has 0 amide bonds. The van der Waals surface area contributed by atoms with Crippen LogP contribution in [0.2, 0.25) is 0 Å². The van der Waals surface area contributed by atoms with Gasteiger partial charge in [-0.1, -0.05) is 6.92 Å². The summed E-state index contributed by atoms with van der Waals surface area (Å²) in [7, 11) is -3.38. The molecule has 2 N–H and O–H groups in total. The molecule has 100 valence electrons. The number of benzene rings is 1. The molecule has 1 aromatic carbocycles. The van der Waals surface area contributed by atoms with Gasteiger partial charge in [-0.05, 0) is 30.7 Å². The molecule has 0 saturated carbocycles. The van der Waals surface area contributed by atoms with Crippen molar-refractivity contribution in [3.63, 3.8) is 0 Å². The largest absolute Gasteiger partial charge is 0.399 e. The standard InChI is InChI=1S/C12H18N2O2S2/c1-9-7-11(13)3-4-12(9)18(15,16)14-5-6-17-10(2)8-14/h3-4,7,10H,5-6,8,13H2,1-2H3. The zero-order valence-electron chi connectivity index (χ0n) is 10.6. The fourth-order valence-electron chi connectivity index (χ4n) is 2.11. The molecule has 18 heavy (non-hydrogen) atoms. The van der Waals surface area contributed by atoms with Crippen molar-refractivity contribution in [2.24, 2.45) is 0 Å². The van der Waals surface area contributed by atoms with Crippen LogP contribution in [0.4, 0.5) is 5.69 Å². The quantitative estimate of drug-likeness (QED) is 0.841. The van der Waals surface area contributed by atoms with Gasteiger partial charge >= 0.3 is 0 Å².